The Hall–Kier alpha value is -3.35. The molecule has 6 nitrogen and oxygen atoms in total. The number of nitrogens with one attached hydrogen (secondary N) is 2. The smallest absolute Gasteiger partial charge is 0.180 e. The van der Waals surface area contributed by atoms with E-state index in [1.54, 1.807) is 12.3 Å². The Morgan fingerprint density at radius 2 is 2.04 bits per heavy atom. The molecule has 4 aromatic rings. The molecule has 0 atom stereocenters. The number of nitrogens with zero attached hydrogens (tertiary/aromatic N) is 4. The van der Waals surface area contributed by atoms with E-state index in [0.717, 1.165) is 53.3 Å². The molecule has 1 aliphatic carbocycles. The summed E-state index contributed by atoms with van der Waals surface area (Å²) in [5, 5.41) is 3.45. The van der Waals surface area contributed by atoms with E-state index in [0.29, 0.717) is 18.8 Å². The number of aromatic nitrogens is 5. The third kappa shape index (κ3) is 3.19. The Morgan fingerprint density at radius 3 is 2.93 bits per heavy atom. The number of halogens is 1. The van der Waals surface area contributed by atoms with Gasteiger partial charge in [0.1, 0.15) is 23.2 Å². The molecule has 2 N–H and O–H groups in total. The maximum atomic E-state index is 13.3. The van der Waals surface area contributed by atoms with Gasteiger partial charge in [0, 0.05) is 30.4 Å². The average Bonchev–Trinajstić information content (AvgIpc) is 3.34. The summed E-state index contributed by atoms with van der Waals surface area (Å²) in [7, 11) is 0. The molecule has 28 heavy (non-hydrogen) atoms. The fourth-order valence-corrected chi connectivity index (χ4v) is 3.64. The molecule has 0 amide bonds. The fraction of sp³-hybridized carbons (Fsp3) is 0.238. The van der Waals surface area contributed by atoms with Gasteiger partial charge in [-0.3, -0.25) is 4.98 Å². The van der Waals surface area contributed by atoms with E-state index in [4.69, 9.17) is 9.97 Å². The van der Waals surface area contributed by atoms with Crippen LogP contribution < -0.4 is 5.32 Å². The summed E-state index contributed by atoms with van der Waals surface area (Å²) < 4.78 is 13.3. The number of fused-ring (bicyclic) bond motifs is 2. The van der Waals surface area contributed by atoms with Crippen LogP contribution in [0, 0.1) is 5.82 Å². The molecule has 7 heteroatoms. The van der Waals surface area contributed by atoms with Gasteiger partial charge in [0.05, 0.1) is 11.0 Å². The van der Waals surface area contributed by atoms with Gasteiger partial charge in [-0.05, 0) is 49.6 Å². The molecule has 1 aromatic carbocycles. The lowest BCUT2D eigenvalue weighted by Crippen LogP contribution is -2.11. The molecule has 3 aromatic heterocycles. The van der Waals surface area contributed by atoms with Crippen molar-refractivity contribution in [1.82, 2.24) is 24.9 Å². The summed E-state index contributed by atoms with van der Waals surface area (Å²) >= 11 is 0. The molecule has 0 saturated carbocycles. The normalized spacial score (nSPS) is 13.0. The molecule has 1 aliphatic rings. The summed E-state index contributed by atoms with van der Waals surface area (Å²) in [5.74, 6) is 2.09. The lowest BCUT2D eigenvalue weighted by molar-refractivity contribution is 0.629. The van der Waals surface area contributed by atoms with Gasteiger partial charge < -0.3 is 10.3 Å². The maximum absolute atomic E-state index is 13.3. The van der Waals surface area contributed by atoms with Crippen molar-refractivity contribution in [2.75, 3.05) is 11.9 Å². The first-order chi connectivity index (χ1) is 13.8. The molecular weight excluding hydrogens is 355 g/mol. The van der Waals surface area contributed by atoms with Crippen LogP contribution in [0.4, 0.5) is 10.2 Å². The minimum absolute atomic E-state index is 0.264. The third-order valence-electron chi connectivity index (χ3n) is 4.97. The quantitative estimate of drug-likeness (QED) is 0.557. The van der Waals surface area contributed by atoms with Crippen LogP contribution in [0.1, 0.15) is 23.5 Å². The van der Waals surface area contributed by atoms with Crippen LogP contribution >= 0.6 is 0 Å². The van der Waals surface area contributed by atoms with E-state index in [1.165, 1.54) is 17.7 Å². The van der Waals surface area contributed by atoms with Crippen molar-refractivity contribution in [1.29, 1.82) is 0 Å². The molecule has 0 unspecified atom stereocenters. The topological polar surface area (TPSA) is 79.4 Å². The van der Waals surface area contributed by atoms with Crippen molar-refractivity contribution < 1.29 is 4.39 Å². The second-order valence-corrected chi connectivity index (χ2v) is 6.91. The van der Waals surface area contributed by atoms with Crippen LogP contribution in [0.5, 0.6) is 0 Å². The number of aromatic amines is 1. The number of benzene rings is 1. The van der Waals surface area contributed by atoms with Gasteiger partial charge in [-0.2, -0.15) is 0 Å². The largest absolute Gasteiger partial charge is 0.369 e. The number of hydrogen-bond donors (Lipinski definition) is 2. The van der Waals surface area contributed by atoms with E-state index in [2.05, 4.69) is 20.3 Å². The number of pyridine rings is 1. The molecule has 0 saturated heterocycles. The molecule has 0 radical (unpaired) electrons. The number of hydrogen-bond acceptors (Lipinski definition) is 5. The van der Waals surface area contributed by atoms with Gasteiger partial charge in [-0.15, -0.1) is 0 Å². The molecule has 140 valence electrons. The molecule has 5 rings (SSSR count). The summed E-state index contributed by atoms with van der Waals surface area (Å²) in [6.45, 7) is 0.674. The number of aryl methyl sites for hydroxylation is 1. The number of imidazole rings is 1. The van der Waals surface area contributed by atoms with Crippen LogP contribution in [0.25, 0.3) is 22.6 Å². The fourth-order valence-electron chi connectivity index (χ4n) is 3.64. The van der Waals surface area contributed by atoms with Crippen LogP contribution in [-0.4, -0.2) is 31.5 Å². The predicted octanol–water partition coefficient (Wildman–Crippen LogP) is 3.70. The standard InChI is InChI=1S/C21H19FN6/c22-13-7-8-16-18(12-13)26-19(25-16)9-11-24-20-14-4-3-6-15(14)27-21(28-20)17-5-1-2-10-23-17/h1-2,5,7-8,10,12H,3-4,6,9,11H2,(H,25,26)(H,24,27,28). The summed E-state index contributed by atoms with van der Waals surface area (Å²) in [6, 6.07) is 10.3. The zero-order chi connectivity index (χ0) is 18.9. The Balaban J connectivity index is 1.36. The zero-order valence-corrected chi connectivity index (χ0v) is 15.2. The van der Waals surface area contributed by atoms with Crippen molar-refractivity contribution in [3.05, 3.63) is 65.5 Å². The molecular formula is C21H19FN6. The highest BCUT2D eigenvalue weighted by molar-refractivity contribution is 5.74. The Kier molecular flexibility index (Phi) is 4.20. The SMILES string of the molecule is Fc1ccc2nc(CCNc3nc(-c4ccccn4)nc4c3CCC4)[nH]c2c1. The van der Waals surface area contributed by atoms with Gasteiger partial charge in [0.2, 0.25) is 0 Å². The molecule has 0 bridgehead atoms. The lowest BCUT2D eigenvalue weighted by Gasteiger charge is -2.11. The van der Waals surface area contributed by atoms with E-state index in [1.807, 2.05) is 18.2 Å². The average molecular weight is 374 g/mol. The van der Waals surface area contributed by atoms with E-state index in [-0.39, 0.29) is 5.82 Å². The maximum Gasteiger partial charge on any atom is 0.180 e. The van der Waals surface area contributed by atoms with Crippen molar-refractivity contribution in [3.63, 3.8) is 0 Å². The minimum Gasteiger partial charge on any atom is -0.369 e. The summed E-state index contributed by atoms with van der Waals surface area (Å²) in [6.07, 6.45) is 5.50. The third-order valence-corrected chi connectivity index (χ3v) is 4.97. The van der Waals surface area contributed by atoms with Crippen LogP contribution in [0.15, 0.2) is 42.6 Å². The van der Waals surface area contributed by atoms with Gasteiger partial charge in [0.15, 0.2) is 5.82 Å². The second-order valence-electron chi connectivity index (χ2n) is 6.91. The highest BCUT2D eigenvalue weighted by Gasteiger charge is 2.20. The lowest BCUT2D eigenvalue weighted by atomic mass is 10.2. The van der Waals surface area contributed by atoms with Crippen molar-refractivity contribution >= 4 is 16.9 Å². The summed E-state index contributed by atoms with van der Waals surface area (Å²) in [5.41, 5.74) is 4.58. The van der Waals surface area contributed by atoms with Gasteiger partial charge in [0.25, 0.3) is 0 Å². The van der Waals surface area contributed by atoms with Crippen molar-refractivity contribution in [2.24, 2.45) is 0 Å². The Morgan fingerprint density at radius 1 is 1.07 bits per heavy atom. The summed E-state index contributed by atoms with van der Waals surface area (Å²) in [4.78, 5) is 21.5. The first-order valence-corrected chi connectivity index (χ1v) is 9.45. The first kappa shape index (κ1) is 16.8. The van der Waals surface area contributed by atoms with Crippen LogP contribution in [0.2, 0.25) is 0 Å². The highest BCUT2D eigenvalue weighted by atomic mass is 19.1. The van der Waals surface area contributed by atoms with Gasteiger partial charge >= 0.3 is 0 Å². The van der Waals surface area contributed by atoms with E-state index < -0.39 is 0 Å². The van der Waals surface area contributed by atoms with E-state index >= 15 is 0 Å². The van der Waals surface area contributed by atoms with Crippen molar-refractivity contribution in [2.45, 2.75) is 25.7 Å². The van der Waals surface area contributed by atoms with Crippen molar-refractivity contribution in [3.8, 4) is 11.5 Å². The molecule has 0 fully saturated rings. The minimum atomic E-state index is -0.264. The first-order valence-electron chi connectivity index (χ1n) is 9.45. The van der Waals surface area contributed by atoms with E-state index in [9.17, 15) is 4.39 Å². The predicted molar refractivity (Wildman–Crippen MR) is 106 cm³/mol. The number of rotatable bonds is 5. The number of anilines is 1. The van der Waals surface area contributed by atoms with Crippen LogP contribution in [-0.2, 0) is 19.3 Å². The molecule has 3 heterocycles. The monoisotopic (exact) mass is 374 g/mol. The Bertz CT molecular complexity index is 1140. The highest BCUT2D eigenvalue weighted by Crippen LogP contribution is 2.28. The second kappa shape index (κ2) is 6.99. The molecule has 0 spiro atoms. The number of H-pyrrole nitrogens is 1. The van der Waals surface area contributed by atoms with Crippen LogP contribution in [0.3, 0.4) is 0 Å². The van der Waals surface area contributed by atoms with Gasteiger partial charge in [-0.1, -0.05) is 6.07 Å². The Labute approximate surface area is 161 Å². The van der Waals surface area contributed by atoms with Gasteiger partial charge in [-0.25, -0.2) is 19.3 Å². The zero-order valence-electron chi connectivity index (χ0n) is 15.2. The molecule has 0 aliphatic heterocycles.